The lowest BCUT2D eigenvalue weighted by Gasteiger charge is -2.07. The van der Waals surface area contributed by atoms with Gasteiger partial charge in [-0.1, -0.05) is 5.16 Å². The quantitative estimate of drug-likeness (QED) is 0.916. The van der Waals surface area contributed by atoms with Crippen molar-refractivity contribution in [2.24, 2.45) is 0 Å². The van der Waals surface area contributed by atoms with Crippen molar-refractivity contribution in [1.29, 1.82) is 0 Å². The van der Waals surface area contributed by atoms with E-state index in [0.29, 0.717) is 17.8 Å². The Balaban J connectivity index is 1.58. The molecule has 1 fully saturated rings. The van der Waals surface area contributed by atoms with Crippen LogP contribution in [0.25, 0.3) is 0 Å². The van der Waals surface area contributed by atoms with Crippen LogP contribution in [-0.2, 0) is 11.2 Å². The molecule has 1 saturated carbocycles. The van der Waals surface area contributed by atoms with E-state index in [1.54, 1.807) is 12.4 Å². The Morgan fingerprint density at radius 2 is 2.50 bits per heavy atom. The average Bonchev–Trinajstić information content (AvgIpc) is 3.10. The van der Waals surface area contributed by atoms with Gasteiger partial charge in [-0.25, -0.2) is 9.67 Å². The first kappa shape index (κ1) is 12.8. The number of aryl methyl sites for hydroxylation is 1. The summed E-state index contributed by atoms with van der Waals surface area (Å²) in [5.41, 5.74) is 0.757. The Hall–Kier alpha value is -2.18. The van der Waals surface area contributed by atoms with Gasteiger partial charge in [0.15, 0.2) is 0 Å². The molecule has 3 rings (SSSR count). The van der Waals surface area contributed by atoms with Crippen LogP contribution in [0.4, 0.5) is 5.95 Å². The first-order valence-electron chi connectivity index (χ1n) is 6.65. The van der Waals surface area contributed by atoms with Crippen LogP contribution in [0.5, 0.6) is 0 Å². The van der Waals surface area contributed by atoms with E-state index < -0.39 is 0 Å². The zero-order chi connectivity index (χ0) is 13.9. The Labute approximate surface area is 116 Å². The molecule has 1 aliphatic rings. The summed E-state index contributed by atoms with van der Waals surface area (Å²) in [5.74, 6) is 0.653. The molecule has 0 spiro atoms. The molecule has 1 N–H and O–H groups in total. The predicted molar refractivity (Wildman–Crippen MR) is 70.8 cm³/mol. The average molecular weight is 274 g/mol. The van der Waals surface area contributed by atoms with Gasteiger partial charge >= 0.3 is 0 Å². The fourth-order valence-electron chi connectivity index (χ4n) is 2.31. The summed E-state index contributed by atoms with van der Waals surface area (Å²) >= 11 is 0. The molecule has 2 heterocycles. The predicted octanol–water partition coefficient (Wildman–Crippen LogP) is 1.69. The van der Waals surface area contributed by atoms with Crippen LogP contribution in [0.3, 0.4) is 0 Å². The fraction of sp³-hybridized carbons (Fsp3) is 0.462. The number of hydrogen-bond acceptors (Lipinski definition) is 5. The molecule has 1 atom stereocenters. The molecule has 20 heavy (non-hydrogen) atoms. The summed E-state index contributed by atoms with van der Waals surface area (Å²) < 4.78 is 6.82. The highest BCUT2D eigenvalue weighted by Gasteiger charge is 2.19. The second-order valence-electron chi connectivity index (χ2n) is 4.96. The minimum absolute atomic E-state index is 0.132. The molecule has 7 heteroatoms. The van der Waals surface area contributed by atoms with Crippen molar-refractivity contribution in [3.05, 3.63) is 30.3 Å². The van der Waals surface area contributed by atoms with E-state index in [9.17, 15) is 4.79 Å². The van der Waals surface area contributed by atoms with E-state index in [1.807, 2.05) is 11.6 Å². The summed E-state index contributed by atoms with van der Waals surface area (Å²) in [6.07, 6.45) is 7.24. The minimum atomic E-state index is -0.211. The number of rotatable bonds is 4. The third-order valence-corrected chi connectivity index (χ3v) is 3.29. The normalized spacial score (nSPS) is 15.7. The van der Waals surface area contributed by atoms with E-state index in [0.717, 1.165) is 25.0 Å². The number of nitrogens with one attached hydrogen (secondary N) is 1. The van der Waals surface area contributed by atoms with Crippen LogP contribution in [-0.4, -0.2) is 25.8 Å². The largest absolute Gasteiger partial charge is 0.361 e. The van der Waals surface area contributed by atoms with Crippen LogP contribution in [0, 0.1) is 13.3 Å². The van der Waals surface area contributed by atoms with Crippen molar-refractivity contribution in [3.63, 3.8) is 0 Å². The van der Waals surface area contributed by atoms with E-state index in [2.05, 4.69) is 27.0 Å². The van der Waals surface area contributed by atoms with E-state index >= 15 is 0 Å². The van der Waals surface area contributed by atoms with Gasteiger partial charge in [-0.05, 0) is 32.6 Å². The van der Waals surface area contributed by atoms with Crippen LogP contribution in [0.1, 0.15) is 36.8 Å². The monoisotopic (exact) mass is 274 g/mol. The molecule has 0 unspecified atom stereocenters. The molecule has 1 aliphatic carbocycles. The SMILES string of the molecule is Cc1cc(CC(=O)Nc2ncn([C@@H]3C[CH]CC3)n2)on1. The van der Waals surface area contributed by atoms with Gasteiger partial charge in [0.1, 0.15) is 12.1 Å². The highest BCUT2D eigenvalue weighted by atomic mass is 16.5. The molecule has 0 aromatic carbocycles. The standard InChI is InChI=1S/C13H16N5O2/c1-9-6-11(20-17-9)7-12(19)15-13-14-8-18(16-13)10-4-2-3-5-10/h2,6,8,10H,3-5,7H2,1H3,(H,15,16,19)/t10-/m1/s1. The second kappa shape index (κ2) is 5.44. The zero-order valence-electron chi connectivity index (χ0n) is 11.2. The highest BCUT2D eigenvalue weighted by molar-refractivity contribution is 5.90. The number of carbonyl (C=O) groups is 1. The van der Waals surface area contributed by atoms with Crippen LogP contribution in [0.15, 0.2) is 16.9 Å². The molecule has 2 aromatic rings. The molecule has 1 radical (unpaired) electrons. The lowest BCUT2D eigenvalue weighted by molar-refractivity contribution is -0.115. The molecule has 2 aromatic heterocycles. The lowest BCUT2D eigenvalue weighted by Crippen LogP contribution is -2.15. The maximum atomic E-state index is 11.8. The molecule has 1 amide bonds. The molecule has 0 aliphatic heterocycles. The first-order valence-corrected chi connectivity index (χ1v) is 6.65. The summed E-state index contributed by atoms with van der Waals surface area (Å²) in [6, 6.07) is 2.10. The Morgan fingerprint density at radius 1 is 1.60 bits per heavy atom. The summed E-state index contributed by atoms with van der Waals surface area (Å²) in [4.78, 5) is 15.9. The summed E-state index contributed by atoms with van der Waals surface area (Å²) in [6.45, 7) is 1.81. The summed E-state index contributed by atoms with van der Waals surface area (Å²) in [5, 5.41) is 10.7. The van der Waals surface area contributed by atoms with Gasteiger partial charge in [-0.15, -0.1) is 5.10 Å². The van der Waals surface area contributed by atoms with Gasteiger partial charge in [0.25, 0.3) is 0 Å². The minimum Gasteiger partial charge on any atom is -0.361 e. The van der Waals surface area contributed by atoms with E-state index in [-0.39, 0.29) is 12.3 Å². The van der Waals surface area contributed by atoms with Crippen molar-refractivity contribution in [2.45, 2.75) is 38.6 Å². The Bertz CT molecular complexity index is 597. The van der Waals surface area contributed by atoms with Gasteiger partial charge in [-0.3, -0.25) is 10.1 Å². The maximum Gasteiger partial charge on any atom is 0.248 e. The van der Waals surface area contributed by atoms with Gasteiger partial charge in [0.2, 0.25) is 11.9 Å². The van der Waals surface area contributed by atoms with E-state index in [4.69, 9.17) is 4.52 Å². The topological polar surface area (TPSA) is 85.8 Å². The molecule has 0 bridgehead atoms. The molecular weight excluding hydrogens is 258 g/mol. The molecule has 0 saturated heterocycles. The third kappa shape index (κ3) is 2.87. The van der Waals surface area contributed by atoms with Gasteiger partial charge in [0.05, 0.1) is 18.2 Å². The number of amides is 1. The Kier molecular flexibility index (Phi) is 3.49. The van der Waals surface area contributed by atoms with Gasteiger partial charge in [-0.2, -0.15) is 0 Å². The van der Waals surface area contributed by atoms with Crippen molar-refractivity contribution in [1.82, 2.24) is 19.9 Å². The van der Waals surface area contributed by atoms with Crippen LogP contribution < -0.4 is 5.32 Å². The summed E-state index contributed by atoms with van der Waals surface area (Å²) in [7, 11) is 0. The number of aromatic nitrogens is 4. The van der Waals surface area contributed by atoms with E-state index in [1.165, 1.54) is 0 Å². The number of nitrogens with zero attached hydrogens (tertiary/aromatic N) is 4. The van der Waals surface area contributed by atoms with Gasteiger partial charge in [0, 0.05) is 6.07 Å². The van der Waals surface area contributed by atoms with Crippen LogP contribution in [0.2, 0.25) is 0 Å². The molecule has 105 valence electrons. The second-order valence-corrected chi connectivity index (χ2v) is 4.96. The number of carbonyl (C=O) groups excluding carboxylic acids is 1. The van der Waals surface area contributed by atoms with Crippen molar-refractivity contribution in [2.75, 3.05) is 5.32 Å². The zero-order valence-corrected chi connectivity index (χ0v) is 11.2. The van der Waals surface area contributed by atoms with Crippen molar-refractivity contribution in [3.8, 4) is 0 Å². The van der Waals surface area contributed by atoms with Gasteiger partial charge < -0.3 is 4.52 Å². The smallest absolute Gasteiger partial charge is 0.248 e. The maximum absolute atomic E-state index is 11.8. The molecule has 7 nitrogen and oxygen atoms in total. The number of hydrogen-bond donors (Lipinski definition) is 1. The molecular formula is C13H16N5O2. The lowest BCUT2D eigenvalue weighted by atomic mass is 10.3. The fourth-order valence-corrected chi connectivity index (χ4v) is 2.31. The highest BCUT2D eigenvalue weighted by Crippen LogP contribution is 2.27. The third-order valence-electron chi connectivity index (χ3n) is 3.29. The van der Waals surface area contributed by atoms with Crippen molar-refractivity contribution >= 4 is 11.9 Å². The Morgan fingerprint density at radius 3 is 3.20 bits per heavy atom. The first-order chi connectivity index (χ1) is 9.70. The number of anilines is 1. The van der Waals surface area contributed by atoms with Crippen molar-refractivity contribution < 1.29 is 9.32 Å². The van der Waals surface area contributed by atoms with Crippen LogP contribution >= 0.6 is 0 Å².